The fourth-order valence-electron chi connectivity index (χ4n) is 3.12. The van der Waals surface area contributed by atoms with E-state index in [0.717, 1.165) is 37.3 Å². The molecule has 2 aromatic heterocycles. The van der Waals surface area contributed by atoms with Crippen molar-refractivity contribution in [3.8, 4) is 0 Å². The normalized spacial score (nSPS) is 17.9. The molecule has 1 fully saturated rings. The topological polar surface area (TPSA) is 84.1 Å². The van der Waals surface area contributed by atoms with Gasteiger partial charge in [0, 0.05) is 50.2 Å². The van der Waals surface area contributed by atoms with E-state index in [-0.39, 0.29) is 18.4 Å². The zero-order valence-electron chi connectivity index (χ0n) is 13.7. The molecule has 1 atom stereocenters. The number of aromatic nitrogens is 4. The zero-order chi connectivity index (χ0) is 16.8. The Balaban J connectivity index is 1.55. The largest absolute Gasteiger partial charge is 0.394 e. The fourth-order valence-corrected chi connectivity index (χ4v) is 3.12. The van der Waals surface area contributed by atoms with Crippen molar-refractivity contribution >= 4 is 5.91 Å². The molecule has 1 saturated heterocycles. The first-order valence-electron chi connectivity index (χ1n) is 8.43. The SMILES string of the molecule is O=C(CCc1cnccn1)N1CCC[C@@H](c2ccn(CCO)n2)C1. The van der Waals surface area contributed by atoms with Gasteiger partial charge in [-0.2, -0.15) is 5.10 Å². The van der Waals surface area contributed by atoms with E-state index in [0.29, 0.717) is 19.4 Å². The molecule has 0 spiro atoms. The van der Waals surface area contributed by atoms with E-state index >= 15 is 0 Å². The number of aliphatic hydroxyl groups is 1. The van der Waals surface area contributed by atoms with Crippen LogP contribution in [0.2, 0.25) is 0 Å². The van der Waals surface area contributed by atoms with Crippen LogP contribution in [0.5, 0.6) is 0 Å². The van der Waals surface area contributed by atoms with Crippen molar-refractivity contribution in [2.75, 3.05) is 19.7 Å². The summed E-state index contributed by atoms with van der Waals surface area (Å²) < 4.78 is 1.75. The van der Waals surface area contributed by atoms with Crippen molar-refractivity contribution in [3.05, 3.63) is 42.2 Å². The summed E-state index contributed by atoms with van der Waals surface area (Å²) in [7, 11) is 0. The molecule has 1 amide bonds. The van der Waals surface area contributed by atoms with Crippen LogP contribution in [0.15, 0.2) is 30.9 Å². The number of carbonyl (C=O) groups excluding carboxylic acids is 1. The number of nitrogens with zero attached hydrogens (tertiary/aromatic N) is 5. The zero-order valence-corrected chi connectivity index (χ0v) is 13.7. The Morgan fingerprint density at radius 3 is 3.08 bits per heavy atom. The Kier molecular flexibility index (Phi) is 5.53. The molecule has 3 rings (SSSR count). The molecule has 3 heterocycles. The molecular formula is C17H23N5O2. The molecule has 2 aromatic rings. The lowest BCUT2D eigenvalue weighted by atomic mass is 9.94. The molecule has 0 radical (unpaired) electrons. The van der Waals surface area contributed by atoms with E-state index in [2.05, 4.69) is 15.1 Å². The molecule has 7 heteroatoms. The van der Waals surface area contributed by atoms with Gasteiger partial charge in [0.2, 0.25) is 5.91 Å². The summed E-state index contributed by atoms with van der Waals surface area (Å²) in [5.74, 6) is 0.444. The molecule has 0 aliphatic carbocycles. The molecule has 1 aliphatic rings. The Morgan fingerprint density at radius 1 is 1.38 bits per heavy atom. The number of piperidine rings is 1. The van der Waals surface area contributed by atoms with E-state index < -0.39 is 0 Å². The van der Waals surface area contributed by atoms with Crippen LogP contribution >= 0.6 is 0 Å². The van der Waals surface area contributed by atoms with Gasteiger partial charge in [0.05, 0.1) is 24.5 Å². The molecule has 7 nitrogen and oxygen atoms in total. The lowest BCUT2D eigenvalue weighted by Gasteiger charge is -2.32. The summed E-state index contributed by atoms with van der Waals surface area (Å²) in [5, 5.41) is 13.5. The second-order valence-electron chi connectivity index (χ2n) is 6.10. The summed E-state index contributed by atoms with van der Waals surface area (Å²) in [6.07, 6.45) is 10.0. The molecule has 0 saturated carbocycles. The lowest BCUT2D eigenvalue weighted by Crippen LogP contribution is -2.39. The van der Waals surface area contributed by atoms with E-state index in [1.54, 1.807) is 23.3 Å². The Hall–Kier alpha value is -2.28. The highest BCUT2D eigenvalue weighted by atomic mass is 16.3. The summed E-state index contributed by atoms with van der Waals surface area (Å²) in [5.41, 5.74) is 1.86. The van der Waals surface area contributed by atoms with E-state index in [9.17, 15) is 4.79 Å². The van der Waals surface area contributed by atoms with Gasteiger partial charge in [0.1, 0.15) is 0 Å². The number of rotatable bonds is 6. The van der Waals surface area contributed by atoms with Gasteiger partial charge in [-0.15, -0.1) is 0 Å². The Bertz CT molecular complexity index is 658. The average Bonchev–Trinajstić information content (AvgIpc) is 3.10. The number of hydrogen-bond acceptors (Lipinski definition) is 5. The van der Waals surface area contributed by atoms with Gasteiger partial charge in [-0.1, -0.05) is 0 Å². The summed E-state index contributed by atoms with van der Waals surface area (Å²) >= 11 is 0. The van der Waals surface area contributed by atoms with Crippen molar-refractivity contribution in [1.82, 2.24) is 24.6 Å². The molecule has 24 heavy (non-hydrogen) atoms. The minimum Gasteiger partial charge on any atom is -0.394 e. The second kappa shape index (κ2) is 8.01. The van der Waals surface area contributed by atoms with Crippen molar-refractivity contribution in [1.29, 1.82) is 0 Å². The molecule has 128 valence electrons. The number of amides is 1. The van der Waals surface area contributed by atoms with Crippen LogP contribution in [0, 0.1) is 0 Å². The predicted octanol–water partition coefficient (Wildman–Crippen LogP) is 1.00. The summed E-state index contributed by atoms with van der Waals surface area (Å²) in [6.45, 7) is 2.12. The number of aliphatic hydroxyl groups excluding tert-OH is 1. The molecular weight excluding hydrogens is 306 g/mol. The maximum absolute atomic E-state index is 12.5. The van der Waals surface area contributed by atoms with Crippen LogP contribution in [0.3, 0.4) is 0 Å². The van der Waals surface area contributed by atoms with Gasteiger partial charge in [-0.25, -0.2) is 0 Å². The third kappa shape index (κ3) is 4.17. The van der Waals surface area contributed by atoms with Gasteiger partial charge in [-0.05, 0) is 25.3 Å². The fraction of sp³-hybridized carbons (Fsp3) is 0.529. The highest BCUT2D eigenvalue weighted by molar-refractivity contribution is 5.76. The third-order valence-corrected chi connectivity index (χ3v) is 4.39. The minimum atomic E-state index is 0.0821. The third-order valence-electron chi connectivity index (χ3n) is 4.39. The van der Waals surface area contributed by atoms with Crippen LogP contribution in [-0.2, 0) is 17.8 Å². The number of aryl methyl sites for hydroxylation is 1. The van der Waals surface area contributed by atoms with Crippen LogP contribution < -0.4 is 0 Å². The van der Waals surface area contributed by atoms with Crippen LogP contribution in [0.25, 0.3) is 0 Å². The standard InChI is InChI=1S/C17H23N5O2/c23-11-10-22-9-5-16(20-22)14-2-1-8-21(13-14)17(24)4-3-15-12-18-6-7-19-15/h5-7,9,12,14,23H,1-4,8,10-11,13H2/t14-/m1/s1. The lowest BCUT2D eigenvalue weighted by molar-refractivity contribution is -0.132. The second-order valence-corrected chi connectivity index (χ2v) is 6.10. The first-order chi connectivity index (χ1) is 11.8. The Labute approximate surface area is 141 Å². The van der Waals surface area contributed by atoms with Crippen LogP contribution in [-0.4, -0.2) is 55.4 Å². The monoisotopic (exact) mass is 329 g/mol. The van der Waals surface area contributed by atoms with Crippen molar-refractivity contribution in [3.63, 3.8) is 0 Å². The van der Waals surface area contributed by atoms with E-state index in [1.165, 1.54) is 0 Å². The quantitative estimate of drug-likeness (QED) is 0.855. The average molecular weight is 329 g/mol. The molecule has 0 aromatic carbocycles. The van der Waals surface area contributed by atoms with Crippen LogP contribution in [0.4, 0.5) is 0 Å². The van der Waals surface area contributed by atoms with Gasteiger partial charge >= 0.3 is 0 Å². The number of hydrogen-bond donors (Lipinski definition) is 1. The highest BCUT2D eigenvalue weighted by Gasteiger charge is 2.26. The molecule has 0 bridgehead atoms. The minimum absolute atomic E-state index is 0.0821. The number of carbonyl (C=O) groups is 1. The molecule has 1 N–H and O–H groups in total. The van der Waals surface area contributed by atoms with Gasteiger partial charge in [0.25, 0.3) is 0 Å². The van der Waals surface area contributed by atoms with E-state index in [1.807, 2.05) is 17.2 Å². The first kappa shape index (κ1) is 16.6. The van der Waals surface area contributed by atoms with Gasteiger partial charge in [-0.3, -0.25) is 19.4 Å². The van der Waals surface area contributed by atoms with Crippen molar-refractivity contribution in [2.45, 2.75) is 38.1 Å². The summed E-state index contributed by atoms with van der Waals surface area (Å²) in [4.78, 5) is 22.7. The Morgan fingerprint density at radius 2 is 2.29 bits per heavy atom. The first-order valence-corrected chi connectivity index (χ1v) is 8.43. The molecule has 0 unspecified atom stereocenters. The van der Waals surface area contributed by atoms with Crippen molar-refractivity contribution < 1.29 is 9.90 Å². The number of likely N-dealkylation sites (tertiary alicyclic amines) is 1. The predicted molar refractivity (Wildman–Crippen MR) is 88.2 cm³/mol. The van der Waals surface area contributed by atoms with E-state index in [4.69, 9.17) is 5.11 Å². The van der Waals surface area contributed by atoms with Crippen LogP contribution in [0.1, 0.15) is 36.6 Å². The van der Waals surface area contributed by atoms with Gasteiger partial charge in [0.15, 0.2) is 0 Å². The van der Waals surface area contributed by atoms with Gasteiger partial charge < -0.3 is 10.0 Å². The smallest absolute Gasteiger partial charge is 0.222 e. The maximum Gasteiger partial charge on any atom is 0.222 e. The maximum atomic E-state index is 12.5. The van der Waals surface area contributed by atoms with Crippen molar-refractivity contribution in [2.24, 2.45) is 0 Å². The molecule has 1 aliphatic heterocycles. The highest BCUT2D eigenvalue weighted by Crippen LogP contribution is 2.26. The summed E-state index contributed by atoms with van der Waals surface area (Å²) in [6, 6.07) is 1.99.